The predicted octanol–water partition coefficient (Wildman–Crippen LogP) is 2.84. The van der Waals surface area contributed by atoms with Gasteiger partial charge in [-0.05, 0) is 83.0 Å². The van der Waals surface area contributed by atoms with Crippen molar-refractivity contribution in [2.45, 2.75) is 128 Å². The van der Waals surface area contributed by atoms with Crippen molar-refractivity contribution in [1.29, 1.82) is 0 Å². The van der Waals surface area contributed by atoms with Gasteiger partial charge in [-0.1, -0.05) is 88.4 Å². The van der Waals surface area contributed by atoms with Gasteiger partial charge in [-0.25, -0.2) is 4.79 Å². The standard InChI is InChI=1S/C50H73N7O10/c1-11-33(4)43(67-50(65)41(53(6)7)30-36-22-16-13-17-23-36)48(63)56-26-18-24-37(56)44(59)51-31-42(58)54(8)39(28-32(2)3)45(60)52-34(5)46(61)55(9)40(29-35-20-14-12-15-21-35)47(62)57-27-19-25-38(57)49(64)66-10/h12-17,20-23,32-34,37-41,43H,11,18-19,24-31H2,1-10H3,(H,51,59)(H,52,60). The Kier molecular flexibility index (Phi) is 20.3. The Morgan fingerprint density at radius 2 is 1.25 bits per heavy atom. The van der Waals surface area contributed by atoms with E-state index in [9.17, 15) is 38.4 Å². The van der Waals surface area contributed by atoms with E-state index >= 15 is 0 Å². The lowest BCUT2D eigenvalue weighted by atomic mass is 9.99. The molecule has 2 heterocycles. The Morgan fingerprint density at radius 1 is 0.716 bits per heavy atom. The molecule has 2 aliphatic rings. The number of rotatable bonds is 22. The summed E-state index contributed by atoms with van der Waals surface area (Å²) in [5.41, 5.74) is 1.74. The number of likely N-dealkylation sites (tertiary alicyclic amines) is 2. The highest BCUT2D eigenvalue weighted by molar-refractivity contribution is 5.96. The van der Waals surface area contributed by atoms with Crippen LogP contribution in [-0.2, 0) is 60.7 Å². The molecule has 8 atom stereocenters. The van der Waals surface area contributed by atoms with Crippen LogP contribution in [0.25, 0.3) is 0 Å². The first-order chi connectivity index (χ1) is 31.8. The number of nitrogens with one attached hydrogen (secondary N) is 2. The van der Waals surface area contributed by atoms with Crippen LogP contribution in [0, 0.1) is 11.8 Å². The first-order valence-corrected chi connectivity index (χ1v) is 23.5. The molecule has 2 N–H and O–H groups in total. The second kappa shape index (κ2) is 25.3. The lowest BCUT2D eigenvalue weighted by molar-refractivity contribution is -0.168. The van der Waals surface area contributed by atoms with Crippen molar-refractivity contribution in [3.05, 3.63) is 71.8 Å². The number of methoxy groups -OCH3 is 1. The smallest absolute Gasteiger partial charge is 0.328 e. The van der Waals surface area contributed by atoms with Gasteiger partial charge in [-0.2, -0.15) is 0 Å². The first-order valence-electron chi connectivity index (χ1n) is 23.5. The maximum Gasteiger partial charge on any atom is 0.328 e. The maximum atomic E-state index is 14.2. The fourth-order valence-corrected chi connectivity index (χ4v) is 8.74. The Balaban J connectivity index is 1.42. The number of nitrogens with zero attached hydrogens (tertiary/aromatic N) is 5. The van der Waals surface area contributed by atoms with E-state index in [0.717, 1.165) is 11.1 Å². The summed E-state index contributed by atoms with van der Waals surface area (Å²) in [4.78, 5) is 117. The number of benzene rings is 2. The number of esters is 2. The second-order valence-electron chi connectivity index (χ2n) is 18.6. The van der Waals surface area contributed by atoms with Crippen LogP contribution in [0.15, 0.2) is 60.7 Å². The zero-order valence-corrected chi connectivity index (χ0v) is 41.1. The normalized spacial score (nSPS) is 18.6. The Morgan fingerprint density at radius 3 is 1.78 bits per heavy atom. The number of likely N-dealkylation sites (N-methyl/N-ethyl adjacent to an activating group) is 3. The van der Waals surface area contributed by atoms with Gasteiger partial charge < -0.3 is 39.7 Å². The minimum Gasteiger partial charge on any atom is -0.467 e. The van der Waals surface area contributed by atoms with E-state index in [4.69, 9.17) is 9.47 Å². The van der Waals surface area contributed by atoms with E-state index in [1.165, 1.54) is 47.7 Å². The SMILES string of the molecule is CCC(C)C(OC(=O)C(Cc1ccccc1)N(C)C)C(=O)N1CCCC1C(=O)NCC(=O)N(C)C(CC(C)C)C(=O)NC(C)C(=O)N(C)C(Cc1ccccc1)C(=O)N1CCCC1C(=O)OC. The van der Waals surface area contributed by atoms with Gasteiger partial charge >= 0.3 is 11.9 Å². The number of hydrogen-bond donors (Lipinski definition) is 2. The Hall–Kier alpha value is -5.84. The van der Waals surface area contributed by atoms with E-state index in [1.807, 2.05) is 88.4 Å². The van der Waals surface area contributed by atoms with Gasteiger partial charge in [0.1, 0.15) is 36.3 Å². The van der Waals surface area contributed by atoms with Crippen LogP contribution in [0.5, 0.6) is 0 Å². The molecule has 0 aromatic heterocycles. The third-order valence-corrected chi connectivity index (χ3v) is 13.0. The highest BCUT2D eigenvalue weighted by atomic mass is 16.6. The van der Waals surface area contributed by atoms with Gasteiger partial charge in [0.05, 0.1) is 13.7 Å². The first kappa shape index (κ1) is 53.8. The largest absolute Gasteiger partial charge is 0.467 e. The minimum atomic E-state index is -1.12. The summed E-state index contributed by atoms with van der Waals surface area (Å²) < 4.78 is 11.0. The summed E-state index contributed by atoms with van der Waals surface area (Å²) in [5.74, 6) is -4.60. The third-order valence-electron chi connectivity index (χ3n) is 13.0. The summed E-state index contributed by atoms with van der Waals surface area (Å²) in [6.07, 6.45) is 2.12. The van der Waals surface area contributed by atoms with E-state index in [1.54, 1.807) is 19.0 Å². The molecular formula is C50H73N7O10. The lowest BCUT2D eigenvalue weighted by Gasteiger charge is -2.35. The van der Waals surface area contributed by atoms with Crippen molar-refractivity contribution in [1.82, 2.24) is 35.1 Å². The summed E-state index contributed by atoms with van der Waals surface area (Å²) >= 11 is 0. The van der Waals surface area contributed by atoms with Crippen molar-refractivity contribution in [3.8, 4) is 0 Å². The van der Waals surface area contributed by atoms with Gasteiger partial charge in [0.15, 0.2) is 6.10 Å². The lowest BCUT2D eigenvalue weighted by Crippen LogP contribution is -2.58. The molecule has 17 heteroatoms. The molecule has 0 radical (unpaired) electrons. The molecule has 67 heavy (non-hydrogen) atoms. The molecule has 6 amide bonds. The summed E-state index contributed by atoms with van der Waals surface area (Å²) in [6.45, 7) is 9.16. The summed E-state index contributed by atoms with van der Waals surface area (Å²) in [7, 11) is 7.78. The number of amides is 6. The number of carbonyl (C=O) groups is 8. The highest BCUT2D eigenvalue weighted by Gasteiger charge is 2.43. The van der Waals surface area contributed by atoms with Crippen LogP contribution in [-0.4, -0.2) is 169 Å². The predicted molar refractivity (Wildman–Crippen MR) is 252 cm³/mol. The van der Waals surface area contributed by atoms with Crippen molar-refractivity contribution in [2.75, 3.05) is 54.9 Å². The van der Waals surface area contributed by atoms with Crippen LogP contribution in [0.2, 0.25) is 0 Å². The zero-order valence-electron chi connectivity index (χ0n) is 41.1. The molecule has 2 fully saturated rings. The minimum absolute atomic E-state index is 0.0534. The summed E-state index contributed by atoms with van der Waals surface area (Å²) in [6, 6.07) is 13.3. The summed E-state index contributed by atoms with van der Waals surface area (Å²) in [5, 5.41) is 5.44. The van der Waals surface area contributed by atoms with E-state index < -0.39 is 96.3 Å². The van der Waals surface area contributed by atoms with Gasteiger partial charge in [-0.15, -0.1) is 0 Å². The molecule has 2 saturated heterocycles. The molecule has 368 valence electrons. The van der Waals surface area contributed by atoms with Crippen molar-refractivity contribution in [2.24, 2.45) is 11.8 Å². The monoisotopic (exact) mass is 932 g/mol. The molecule has 0 saturated carbocycles. The zero-order chi connectivity index (χ0) is 49.5. The van der Waals surface area contributed by atoms with E-state index in [0.29, 0.717) is 45.1 Å². The number of hydrogen-bond acceptors (Lipinski definition) is 11. The second-order valence-corrected chi connectivity index (χ2v) is 18.6. The molecule has 2 aromatic rings. The molecule has 4 rings (SSSR count). The number of ether oxygens (including phenoxy) is 2. The highest BCUT2D eigenvalue weighted by Crippen LogP contribution is 2.25. The molecule has 0 aliphatic carbocycles. The van der Waals surface area contributed by atoms with Crippen LogP contribution < -0.4 is 10.6 Å². The molecule has 17 nitrogen and oxygen atoms in total. The molecule has 0 spiro atoms. The van der Waals surface area contributed by atoms with Crippen molar-refractivity contribution < 1.29 is 47.8 Å². The Bertz CT molecular complexity index is 2020. The van der Waals surface area contributed by atoms with Crippen LogP contribution in [0.3, 0.4) is 0 Å². The van der Waals surface area contributed by atoms with E-state index in [-0.39, 0.29) is 31.2 Å². The fraction of sp³-hybridized carbons (Fsp3) is 0.600. The van der Waals surface area contributed by atoms with Crippen LogP contribution in [0.1, 0.15) is 84.3 Å². The molecule has 8 unspecified atom stereocenters. The quantitative estimate of drug-likeness (QED) is 0.165. The van der Waals surface area contributed by atoms with Gasteiger partial charge in [0.25, 0.3) is 5.91 Å². The van der Waals surface area contributed by atoms with Crippen LogP contribution >= 0.6 is 0 Å². The van der Waals surface area contributed by atoms with Crippen molar-refractivity contribution >= 4 is 47.4 Å². The molecule has 2 aromatic carbocycles. The van der Waals surface area contributed by atoms with Gasteiger partial charge in [0.2, 0.25) is 29.5 Å². The molecule has 0 bridgehead atoms. The average molecular weight is 932 g/mol. The molecule has 2 aliphatic heterocycles. The maximum absolute atomic E-state index is 14.2. The van der Waals surface area contributed by atoms with Crippen LogP contribution in [0.4, 0.5) is 0 Å². The average Bonchev–Trinajstić information content (AvgIpc) is 4.03. The van der Waals surface area contributed by atoms with E-state index in [2.05, 4.69) is 10.6 Å². The number of carbonyl (C=O) groups excluding carboxylic acids is 8. The van der Waals surface area contributed by atoms with Gasteiger partial charge in [-0.3, -0.25) is 38.5 Å². The fourth-order valence-electron chi connectivity index (χ4n) is 8.74. The topological polar surface area (TPSA) is 195 Å². The Labute approximate surface area is 396 Å². The van der Waals surface area contributed by atoms with Crippen molar-refractivity contribution in [3.63, 3.8) is 0 Å². The van der Waals surface area contributed by atoms with Gasteiger partial charge in [0, 0.05) is 39.5 Å². The third kappa shape index (κ3) is 14.3. The molecular weight excluding hydrogens is 859 g/mol.